The largest absolute Gasteiger partial charge is 0.361 e. The van der Waals surface area contributed by atoms with Gasteiger partial charge < -0.3 is 15.2 Å². The normalized spacial score (nSPS) is 15.8. The van der Waals surface area contributed by atoms with Crippen molar-refractivity contribution in [3.05, 3.63) is 17.0 Å². The molecule has 5 heteroatoms. The van der Waals surface area contributed by atoms with E-state index in [2.05, 4.69) is 27.7 Å². The maximum atomic E-state index is 5.14. The van der Waals surface area contributed by atoms with Crippen molar-refractivity contribution in [2.45, 2.75) is 40.2 Å². The second-order valence-electron chi connectivity index (χ2n) is 4.82. The van der Waals surface area contributed by atoms with Crippen LogP contribution in [0, 0.1) is 19.8 Å². The number of aliphatic imine (C=N–C) groups is 1. The van der Waals surface area contributed by atoms with Crippen LogP contribution in [0.5, 0.6) is 0 Å². The molecule has 1 heterocycles. The van der Waals surface area contributed by atoms with E-state index in [1.54, 1.807) is 0 Å². The average Bonchev–Trinajstić information content (AvgIpc) is 3.12. The maximum Gasteiger partial charge on any atom is 0.191 e. The quantitative estimate of drug-likeness (QED) is 0.617. The molecule has 5 nitrogen and oxygen atoms in total. The van der Waals surface area contributed by atoms with Crippen LogP contribution >= 0.6 is 0 Å². The Morgan fingerprint density at radius 2 is 2.17 bits per heavy atom. The van der Waals surface area contributed by atoms with Gasteiger partial charge in [0.2, 0.25) is 0 Å². The van der Waals surface area contributed by atoms with E-state index < -0.39 is 0 Å². The first-order chi connectivity index (χ1) is 8.70. The van der Waals surface area contributed by atoms with Gasteiger partial charge in [0.25, 0.3) is 0 Å². The van der Waals surface area contributed by atoms with E-state index >= 15 is 0 Å². The molecule has 0 spiro atoms. The summed E-state index contributed by atoms with van der Waals surface area (Å²) in [7, 11) is 0. The molecule has 0 atom stereocenters. The summed E-state index contributed by atoms with van der Waals surface area (Å²) in [5.74, 6) is 2.58. The molecular weight excluding hydrogens is 228 g/mol. The summed E-state index contributed by atoms with van der Waals surface area (Å²) < 4.78 is 5.14. The van der Waals surface area contributed by atoms with Crippen molar-refractivity contribution in [1.29, 1.82) is 0 Å². The molecule has 2 N–H and O–H groups in total. The Hall–Kier alpha value is -1.52. The fraction of sp³-hybridized carbons (Fsp3) is 0.692. The highest BCUT2D eigenvalue weighted by Gasteiger charge is 2.21. The van der Waals surface area contributed by atoms with Crippen LogP contribution in [0.2, 0.25) is 0 Å². The molecule has 0 bridgehead atoms. The molecule has 0 unspecified atom stereocenters. The van der Waals surface area contributed by atoms with Crippen molar-refractivity contribution in [3.8, 4) is 0 Å². The Morgan fingerprint density at radius 1 is 1.39 bits per heavy atom. The van der Waals surface area contributed by atoms with Gasteiger partial charge in [-0.25, -0.2) is 4.99 Å². The molecule has 0 aromatic carbocycles. The molecule has 1 aliphatic rings. The standard InChI is InChI=1S/C13H22N4O/c1-4-14-13(15-7-11-5-6-11)16-8-12-9(2)17-18-10(12)3/h11H,4-8H2,1-3H3,(H2,14,15,16). The first-order valence-electron chi connectivity index (χ1n) is 6.64. The van der Waals surface area contributed by atoms with Gasteiger partial charge in [0.1, 0.15) is 5.76 Å². The predicted octanol–water partition coefficient (Wildman–Crippen LogP) is 1.76. The Labute approximate surface area is 108 Å². The summed E-state index contributed by atoms with van der Waals surface area (Å²) >= 11 is 0. The van der Waals surface area contributed by atoms with Gasteiger partial charge in [-0.15, -0.1) is 0 Å². The summed E-state index contributed by atoms with van der Waals surface area (Å²) in [6.45, 7) is 8.46. The predicted molar refractivity (Wildman–Crippen MR) is 71.5 cm³/mol. The monoisotopic (exact) mass is 250 g/mol. The maximum absolute atomic E-state index is 5.14. The van der Waals surface area contributed by atoms with E-state index in [0.29, 0.717) is 6.54 Å². The molecule has 1 aliphatic carbocycles. The van der Waals surface area contributed by atoms with E-state index in [4.69, 9.17) is 4.52 Å². The molecule has 1 fully saturated rings. The fourth-order valence-electron chi connectivity index (χ4n) is 1.79. The third-order valence-corrected chi connectivity index (χ3v) is 3.18. The van der Waals surface area contributed by atoms with Crippen LogP contribution in [0.4, 0.5) is 0 Å². The van der Waals surface area contributed by atoms with Crippen molar-refractivity contribution in [3.63, 3.8) is 0 Å². The van der Waals surface area contributed by atoms with Gasteiger partial charge >= 0.3 is 0 Å². The van der Waals surface area contributed by atoms with E-state index in [9.17, 15) is 0 Å². The van der Waals surface area contributed by atoms with Gasteiger partial charge in [-0.05, 0) is 39.5 Å². The molecule has 1 aromatic rings. The number of hydrogen-bond donors (Lipinski definition) is 2. The lowest BCUT2D eigenvalue weighted by atomic mass is 10.2. The lowest BCUT2D eigenvalue weighted by Crippen LogP contribution is -2.38. The van der Waals surface area contributed by atoms with Crippen molar-refractivity contribution < 1.29 is 4.52 Å². The lowest BCUT2D eigenvalue weighted by Gasteiger charge is -2.10. The van der Waals surface area contributed by atoms with Crippen molar-refractivity contribution >= 4 is 5.96 Å². The molecule has 0 saturated heterocycles. The number of guanidine groups is 1. The molecule has 1 saturated carbocycles. The smallest absolute Gasteiger partial charge is 0.191 e. The average molecular weight is 250 g/mol. The Bertz CT molecular complexity index is 401. The fourth-order valence-corrected chi connectivity index (χ4v) is 1.79. The molecule has 18 heavy (non-hydrogen) atoms. The van der Waals surface area contributed by atoms with Crippen LogP contribution in [0.3, 0.4) is 0 Å². The highest BCUT2D eigenvalue weighted by atomic mass is 16.5. The number of nitrogens with one attached hydrogen (secondary N) is 2. The SMILES string of the molecule is CCNC(=NCc1c(C)noc1C)NCC1CC1. The third kappa shape index (κ3) is 3.48. The summed E-state index contributed by atoms with van der Waals surface area (Å²) in [4.78, 5) is 4.57. The van der Waals surface area contributed by atoms with E-state index in [0.717, 1.165) is 42.0 Å². The van der Waals surface area contributed by atoms with Crippen molar-refractivity contribution in [2.24, 2.45) is 10.9 Å². The minimum Gasteiger partial charge on any atom is -0.361 e. The summed E-state index contributed by atoms with van der Waals surface area (Å²) in [5.41, 5.74) is 2.01. The molecule has 0 amide bonds. The molecule has 1 aromatic heterocycles. The second kappa shape index (κ2) is 5.89. The van der Waals surface area contributed by atoms with Gasteiger partial charge in [0.15, 0.2) is 5.96 Å². The number of aromatic nitrogens is 1. The van der Waals surface area contributed by atoms with Crippen LogP contribution in [0.15, 0.2) is 9.52 Å². The van der Waals surface area contributed by atoms with Gasteiger partial charge in [-0.1, -0.05) is 5.16 Å². The summed E-state index contributed by atoms with van der Waals surface area (Å²) in [5, 5.41) is 10.6. The first-order valence-corrected chi connectivity index (χ1v) is 6.64. The van der Waals surface area contributed by atoms with Crippen molar-refractivity contribution in [2.75, 3.05) is 13.1 Å². The zero-order chi connectivity index (χ0) is 13.0. The van der Waals surface area contributed by atoms with Crippen LogP contribution in [0.1, 0.15) is 36.8 Å². The number of aryl methyl sites for hydroxylation is 2. The summed E-state index contributed by atoms with van der Waals surface area (Å²) in [6, 6.07) is 0. The Kier molecular flexibility index (Phi) is 4.23. The second-order valence-corrected chi connectivity index (χ2v) is 4.82. The zero-order valence-corrected chi connectivity index (χ0v) is 11.4. The third-order valence-electron chi connectivity index (χ3n) is 3.18. The lowest BCUT2D eigenvalue weighted by molar-refractivity contribution is 0.392. The number of nitrogens with zero attached hydrogens (tertiary/aromatic N) is 2. The Morgan fingerprint density at radius 3 is 2.72 bits per heavy atom. The molecule has 0 radical (unpaired) electrons. The number of rotatable bonds is 5. The van der Waals surface area contributed by atoms with E-state index in [1.807, 2.05) is 13.8 Å². The minimum atomic E-state index is 0.612. The van der Waals surface area contributed by atoms with Crippen LogP contribution < -0.4 is 10.6 Å². The highest BCUT2D eigenvalue weighted by molar-refractivity contribution is 5.79. The van der Waals surface area contributed by atoms with Gasteiger partial charge in [0, 0.05) is 18.7 Å². The topological polar surface area (TPSA) is 62.5 Å². The molecule has 100 valence electrons. The van der Waals surface area contributed by atoms with E-state index in [-0.39, 0.29) is 0 Å². The minimum absolute atomic E-state index is 0.612. The first kappa shape index (κ1) is 12.9. The van der Waals surface area contributed by atoms with Crippen LogP contribution in [-0.2, 0) is 6.54 Å². The highest BCUT2D eigenvalue weighted by Crippen LogP contribution is 2.27. The van der Waals surface area contributed by atoms with Crippen LogP contribution in [0.25, 0.3) is 0 Å². The zero-order valence-electron chi connectivity index (χ0n) is 11.4. The molecule has 2 rings (SSSR count). The molecule has 0 aliphatic heterocycles. The van der Waals surface area contributed by atoms with Crippen molar-refractivity contribution in [1.82, 2.24) is 15.8 Å². The summed E-state index contributed by atoms with van der Waals surface area (Å²) in [6.07, 6.45) is 2.69. The molecular formula is C13H22N4O. The Balaban J connectivity index is 1.93. The van der Waals surface area contributed by atoms with E-state index in [1.165, 1.54) is 12.8 Å². The van der Waals surface area contributed by atoms with Crippen LogP contribution in [-0.4, -0.2) is 24.2 Å². The van der Waals surface area contributed by atoms with Gasteiger partial charge in [-0.2, -0.15) is 0 Å². The van der Waals surface area contributed by atoms with Gasteiger partial charge in [-0.3, -0.25) is 0 Å². The van der Waals surface area contributed by atoms with Gasteiger partial charge in [0.05, 0.1) is 12.2 Å². The number of hydrogen-bond acceptors (Lipinski definition) is 3.